The van der Waals surface area contributed by atoms with Gasteiger partial charge >= 0.3 is 5.69 Å². The summed E-state index contributed by atoms with van der Waals surface area (Å²) in [5.41, 5.74) is 1.11. The zero-order valence-corrected chi connectivity index (χ0v) is 14.5. The molecule has 138 valence electrons. The number of hydrogen-bond acceptors (Lipinski definition) is 6. The first-order chi connectivity index (χ1) is 13.1. The Kier molecular flexibility index (Phi) is 4.45. The van der Waals surface area contributed by atoms with Crippen molar-refractivity contribution in [2.75, 3.05) is 18.4 Å². The summed E-state index contributed by atoms with van der Waals surface area (Å²) in [6.07, 6.45) is 4.50. The van der Waals surface area contributed by atoms with Gasteiger partial charge in [-0.2, -0.15) is 0 Å². The van der Waals surface area contributed by atoms with Crippen LogP contribution in [-0.4, -0.2) is 39.8 Å². The summed E-state index contributed by atoms with van der Waals surface area (Å²) in [7, 11) is 0. The van der Waals surface area contributed by atoms with E-state index in [0.29, 0.717) is 48.3 Å². The second-order valence-electron chi connectivity index (χ2n) is 6.48. The number of fused-ring (bicyclic) bond motifs is 1. The highest BCUT2D eigenvalue weighted by molar-refractivity contribution is 5.94. The van der Waals surface area contributed by atoms with Gasteiger partial charge < -0.3 is 14.6 Å². The van der Waals surface area contributed by atoms with Crippen molar-refractivity contribution < 1.29 is 14.1 Å². The topological polar surface area (TPSA) is 102 Å². The highest BCUT2D eigenvalue weighted by atomic mass is 16.6. The van der Waals surface area contributed by atoms with Crippen molar-refractivity contribution >= 4 is 28.2 Å². The fourth-order valence-corrected chi connectivity index (χ4v) is 3.45. The Labute approximate surface area is 154 Å². The van der Waals surface area contributed by atoms with Crippen molar-refractivity contribution in [1.29, 1.82) is 0 Å². The van der Waals surface area contributed by atoms with E-state index in [9.17, 15) is 14.9 Å². The summed E-state index contributed by atoms with van der Waals surface area (Å²) < 4.78 is 5.17. The molecule has 0 saturated carbocycles. The molecule has 1 aliphatic heterocycles. The molecule has 1 aliphatic rings. The summed E-state index contributed by atoms with van der Waals surface area (Å²) in [5, 5.41) is 15.4. The van der Waals surface area contributed by atoms with E-state index in [1.54, 1.807) is 47.5 Å². The number of likely N-dealkylation sites (tertiary alicyclic amines) is 1. The molecule has 3 heterocycles. The number of nitrogens with zero attached hydrogens (tertiary/aromatic N) is 3. The lowest BCUT2D eigenvalue weighted by Gasteiger charge is -2.32. The molecular weight excluding hydrogens is 348 g/mol. The lowest BCUT2D eigenvalue weighted by Crippen LogP contribution is -2.42. The minimum Gasteiger partial charge on any atom is -0.459 e. The fraction of sp³-hybridized carbons (Fsp3) is 0.263. The number of aromatic nitrogens is 1. The lowest BCUT2D eigenvalue weighted by molar-refractivity contribution is -0.382. The van der Waals surface area contributed by atoms with E-state index in [0.717, 1.165) is 0 Å². The van der Waals surface area contributed by atoms with Gasteiger partial charge in [-0.25, -0.2) is 0 Å². The standard InChI is InChI=1S/C19H18N4O4/c24-19(17-4-2-12-27-17)22-10-7-13(8-11-22)21-16-6-5-15-14(3-1-9-20-15)18(16)23(25)26/h1-6,9,12-13,21H,7-8,10-11H2. The number of benzene rings is 1. The maximum Gasteiger partial charge on any atom is 0.301 e. The van der Waals surface area contributed by atoms with Crippen molar-refractivity contribution in [3.8, 4) is 0 Å². The molecular formula is C19H18N4O4. The Balaban J connectivity index is 1.48. The van der Waals surface area contributed by atoms with Gasteiger partial charge in [0, 0.05) is 25.3 Å². The van der Waals surface area contributed by atoms with Crippen LogP contribution >= 0.6 is 0 Å². The zero-order chi connectivity index (χ0) is 18.8. The molecule has 8 heteroatoms. The third-order valence-corrected chi connectivity index (χ3v) is 4.81. The Morgan fingerprint density at radius 1 is 1.22 bits per heavy atom. The predicted molar refractivity (Wildman–Crippen MR) is 99.7 cm³/mol. The third kappa shape index (κ3) is 3.33. The first kappa shape index (κ1) is 17.0. The van der Waals surface area contributed by atoms with Crippen LogP contribution in [-0.2, 0) is 0 Å². The summed E-state index contributed by atoms with van der Waals surface area (Å²) in [6.45, 7) is 1.14. The molecule has 2 aromatic heterocycles. The van der Waals surface area contributed by atoms with E-state index in [2.05, 4.69) is 10.3 Å². The van der Waals surface area contributed by atoms with E-state index in [1.807, 2.05) is 0 Å². The average Bonchev–Trinajstić information content (AvgIpc) is 3.22. The largest absolute Gasteiger partial charge is 0.459 e. The summed E-state index contributed by atoms with van der Waals surface area (Å²) >= 11 is 0. The van der Waals surface area contributed by atoms with Gasteiger partial charge in [0.25, 0.3) is 5.91 Å². The van der Waals surface area contributed by atoms with Gasteiger partial charge in [-0.15, -0.1) is 0 Å². The number of carbonyl (C=O) groups excluding carboxylic acids is 1. The number of hydrogen-bond donors (Lipinski definition) is 1. The highest BCUT2D eigenvalue weighted by Crippen LogP contribution is 2.33. The number of nitrogens with one attached hydrogen (secondary N) is 1. The molecule has 0 radical (unpaired) electrons. The Bertz CT molecular complexity index is 979. The van der Waals surface area contributed by atoms with E-state index >= 15 is 0 Å². The summed E-state index contributed by atoms with van der Waals surface area (Å²) in [4.78, 5) is 29.5. The molecule has 27 heavy (non-hydrogen) atoms. The van der Waals surface area contributed by atoms with Crippen molar-refractivity contribution in [2.45, 2.75) is 18.9 Å². The first-order valence-corrected chi connectivity index (χ1v) is 8.75. The van der Waals surface area contributed by atoms with Crippen LogP contribution in [0.15, 0.2) is 53.3 Å². The fourth-order valence-electron chi connectivity index (χ4n) is 3.45. The highest BCUT2D eigenvalue weighted by Gasteiger charge is 2.27. The van der Waals surface area contributed by atoms with Crippen LogP contribution in [0.1, 0.15) is 23.4 Å². The molecule has 0 unspecified atom stereocenters. The van der Waals surface area contributed by atoms with Crippen molar-refractivity contribution in [2.24, 2.45) is 0 Å². The molecule has 8 nitrogen and oxygen atoms in total. The van der Waals surface area contributed by atoms with E-state index in [-0.39, 0.29) is 22.6 Å². The third-order valence-electron chi connectivity index (χ3n) is 4.81. The summed E-state index contributed by atoms with van der Waals surface area (Å²) in [5.74, 6) is 0.209. The van der Waals surface area contributed by atoms with Crippen LogP contribution in [0.5, 0.6) is 0 Å². The van der Waals surface area contributed by atoms with Crippen LogP contribution in [0.25, 0.3) is 10.9 Å². The number of furan rings is 1. The predicted octanol–water partition coefficient (Wildman–Crippen LogP) is 3.45. The number of piperidine rings is 1. The summed E-state index contributed by atoms with van der Waals surface area (Å²) in [6, 6.07) is 10.3. The van der Waals surface area contributed by atoms with Gasteiger partial charge in [-0.05, 0) is 49.2 Å². The van der Waals surface area contributed by atoms with E-state index < -0.39 is 0 Å². The quantitative estimate of drug-likeness (QED) is 0.560. The van der Waals surface area contributed by atoms with Crippen LogP contribution in [0, 0.1) is 10.1 Å². The number of anilines is 1. The first-order valence-electron chi connectivity index (χ1n) is 8.75. The lowest BCUT2D eigenvalue weighted by atomic mass is 10.0. The van der Waals surface area contributed by atoms with E-state index in [4.69, 9.17) is 4.42 Å². The second kappa shape index (κ2) is 7.06. The minimum atomic E-state index is -0.373. The number of nitro groups is 1. The zero-order valence-electron chi connectivity index (χ0n) is 14.5. The van der Waals surface area contributed by atoms with Crippen molar-refractivity contribution in [3.63, 3.8) is 0 Å². The number of nitro benzene ring substituents is 1. The molecule has 0 bridgehead atoms. The molecule has 1 fully saturated rings. The van der Waals surface area contributed by atoms with Crippen molar-refractivity contribution in [1.82, 2.24) is 9.88 Å². The average molecular weight is 366 g/mol. The monoisotopic (exact) mass is 366 g/mol. The van der Waals surface area contributed by atoms with Gasteiger partial charge in [0.1, 0.15) is 5.69 Å². The van der Waals surface area contributed by atoms with Crippen molar-refractivity contribution in [3.05, 3.63) is 64.7 Å². The molecule has 3 aromatic rings. The minimum absolute atomic E-state index is 0.0368. The molecule has 1 amide bonds. The normalized spacial score (nSPS) is 15.0. The smallest absolute Gasteiger partial charge is 0.301 e. The number of carbonyl (C=O) groups is 1. The second-order valence-corrected chi connectivity index (χ2v) is 6.48. The van der Waals surface area contributed by atoms with Gasteiger partial charge in [0.2, 0.25) is 0 Å². The number of amides is 1. The Morgan fingerprint density at radius 2 is 2.04 bits per heavy atom. The van der Waals surface area contributed by atoms with Crippen LogP contribution in [0.2, 0.25) is 0 Å². The molecule has 4 rings (SSSR count). The molecule has 1 saturated heterocycles. The molecule has 0 spiro atoms. The maximum atomic E-state index is 12.3. The maximum absolute atomic E-state index is 12.3. The Morgan fingerprint density at radius 3 is 2.74 bits per heavy atom. The molecule has 1 N–H and O–H groups in total. The molecule has 0 atom stereocenters. The van der Waals surface area contributed by atoms with E-state index in [1.165, 1.54) is 6.26 Å². The van der Waals surface area contributed by atoms with Crippen LogP contribution < -0.4 is 5.32 Å². The van der Waals surface area contributed by atoms with Gasteiger partial charge in [-0.1, -0.05) is 0 Å². The molecule has 1 aromatic carbocycles. The van der Waals surface area contributed by atoms with Crippen LogP contribution in [0.4, 0.5) is 11.4 Å². The van der Waals surface area contributed by atoms with Gasteiger partial charge in [-0.3, -0.25) is 19.9 Å². The van der Waals surface area contributed by atoms with Crippen LogP contribution in [0.3, 0.4) is 0 Å². The number of rotatable bonds is 4. The SMILES string of the molecule is O=C(c1ccco1)N1CCC(Nc2ccc3ncccc3c2[N+](=O)[O-])CC1. The van der Waals surface area contributed by atoms with Gasteiger partial charge in [0.05, 0.1) is 22.1 Å². The number of pyridine rings is 1. The van der Waals surface area contributed by atoms with Gasteiger partial charge in [0.15, 0.2) is 5.76 Å². The molecule has 0 aliphatic carbocycles. The Hall–Kier alpha value is -3.42.